The molecule has 2 heterocycles. The number of carbonyl (C=O) groups excluding carboxylic acids is 1. The maximum atomic E-state index is 12.5. The van der Waals surface area contributed by atoms with Crippen LogP contribution in [-0.4, -0.2) is 22.0 Å². The summed E-state index contributed by atoms with van der Waals surface area (Å²) in [6, 6.07) is 17.9. The highest BCUT2D eigenvalue weighted by Crippen LogP contribution is 2.20. The van der Waals surface area contributed by atoms with Gasteiger partial charge in [0.15, 0.2) is 0 Å². The fourth-order valence-corrected chi connectivity index (χ4v) is 3.15. The van der Waals surface area contributed by atoms with Crippen molar-refractivity contribution < 1.29 is 9.21 Å². The maximum absolute atomic E-state index is 12.5. The second-order valence-electron chi connectivity index (χ2n) is 6.66. The largest absolute Gasteiger partial charge is 0.444 e. The van der Waals surface area contributed by atoms with Crippen molar-refractivity contribution in [3.63, 3.8) is 0 Å². The van der Waals surface area contributed by atoms with Crippen LogP contribution in [0.5, 0.6) is 0 Å². The second kappa shape index (κ2) is 7.11. The monoisotopic (exact) mass is 359 g/mol. The van der Waals surface area contributed by atoms with Crippen LogP contribution in [0.15, 0.2) is 65.3 Å². The van der Waals surface area contributed by atoms with Crippen molar-refractivity contribution >= 4 is 16.8 Å². The molecule has 136 valence electrons. The zero-order valence-corrected chi connectivity index (χ0v) is 15.4. The molecule has 1 N–H and O–H groups in total. The zero-order chi connectivity index (χ0) is 18.8. The summed E-state index contributed by atoms with van der Waals surface area (Å²) >= 11 is 0. The number of hydrogen-bond acceptors (Lipinski definition) is 3. The summed E-state index contributed by atoms with van der Waals surface area (Å²) in [6.45, 7) is 2.55. The Kier molecular flexibility index (Phi) is 4.50. The number of nitrogens with zero attached hydrogens (tertiary/aromatic N) is 2. The Bertz CT molecular complexity index is 1090. The Hall–Kier alpha value is -3.34. The van der Waals surface area contributed by atoms with Gasteiger partial charge in [0.05, 0.1) is 5.69 Å². The fraction of sp³-hybridized carbons (Fsp3) is 0.182. The molecule has 0 saturated carbocycles. The molecule has 0 aliphatic carbocycles. The average Bonchev–Trinajstić information content (AvgIpc) is 3.28. The van der Waals surface area contributed by atoms with Crippen LogP contribution in [-0.2, 0) is 13.5 Å². The highest BCUT2D eigenvalue weighted by atomic mass is 16.3. The minimum Gasteiger partial charge on any atom is -0.444 e. The highest BCUT2D eigenvalue weighted by Gasteiger charge is 2.13. The lowest BCUT2D eigenvalue weighted by molar-refractivity contribution is 0.0946. The fourth-order valence-electron chi connectivity index (χ4n) is 3.15. The van der Waals surface area contributed by atoms with Gasteiger partial charge in [-0.3, -0.25) is 4.79 Å². The molecule has 27 heavy (non-hydrogen) atoms. The molecule has 0 aliphatic heterocycles. The predicted octanol–water partition coefficient (Wildman–Crippen LogP) is 4.11. The van der Waals surface area contributed by atoms with E-state index >= 15 is 0 Å². The normalized spacial score (nSPS) is 11.0. The van der Waals surface area contributed by atoms with E-state index in [9.17, 15) is 4.79 Å². The predicted molar refractivity (Wildman–Crippen MR) is 106 cm³/mol. The number of benzene rings is 2. The molecule has 1 amide bonds. The van der Waals surface area contributed by atoms with Gasteiger partial charge in [-0.15, -0.1) is 0 Å². The van der Waals surface area contributed by atoms with Crippen molar-refractivity contribution in [2.45, 2.75) is 13.3 Å². The van der Waals surface area contributed by atoms with Gasteiger partial charge in [-0.05, 0) is 31.2 Å². The van der Waals surface area contributed by atoms with E-state index in [0.29, 0.717) is 24.6 Å². The van der Waals surface area contributed by atoms with E-state index in [2.05, 4.69) is 10.3 Å². The molecule has 0 spiro atoms. The summed E-state index contributed by atoms with van der Waals surface area (Å²) in [4.78, 5) is 17.0. The first-order valence-electron chi connectivity index (χ1n) is 8.96. The number of oxazole rings is 1. The molecule has 2 aromatic carbocycles. The Labute approximate surface area is 157 Å². The van der Waals surface area contributed by atoms with Crippen molar-refractivity contribution in [2.24, 2.45) is 7.05 Å². The molecule has 4 rings (SSSR count). The summed E-state index contributed by atoms with van der Waals surface area (Å²) in [5.74, 6) is 0.515. The molecule has 2 aromatic heterocycles. The van der Waals surface area contributed by atoms with Gasteiger partial charge in [-0.25, -0.2) is 4.98 Å². The molecule has 4 aromatic rings. The first kappa shape index (κ1) is 17.1. The standard InChI is InChI=1S/C22H21N3O2/c1-15-7-9-16(10-8-15)22-24-18(14-27-22)11-12-23-21(26)20-13-17-5-3-4-6-19(17)25(20)2/h3-10,13-14H,11-12H2,1-2H3,(H,23,26). The first-order chi connectivity index (χ1) is 13.1. The van der Waals surface area contributed by atoms with Crippen LogP contribution < -0.4 is 5.32 Å². The minimum atomic E-state index is -0.0871. The topological polar surface area (TPSA) is 60.1 Å². The molecule has 0 saturated heterocycles. The van der Waals surface area contributed by atoms with Gasteiger partial charge in [0, 0.05) is 36.5 Å². The zero-order valence-electron chi connectivity index (χ0n) is 15.4. The van der Waals surface area contributed by atoms with Crippen molar-refractivity contribution in [1.29, 1.82) is 0 Å². The number of carbonyl (C=O) groups is 1. The smallest absolute Gasteiger partial charge is 0.267 e. The van der Waals surface area contributed by atoms with Crippen LogP contribution >= 0.6 is 0 Å². The van der Waals surface area contributed by atoms with Gasteiger partial charge < -0.3 is 14.3 Å². The molecule has 0 unspecified atom stereocenters. The van der Waals surface area contributed by atoms with Gasteiger partial charge in [0.25, 0.3) is 5.91 Å². The number of aromatic nitrogens is 2. The minimum absolute atomic E-state index is 0.0871. The lowest BCUT2D eigenvalue weighted by atomic mass is 10.1. The van der Waals surface area contributed by atoms with Gasteiger partial charge in [0.2, 0.25) is 5.89 Å². The van der Waals surface area contributed by atoms with Gasteiger partial charge >= 0.3 is 0 Å². The maximum Gasteiger partial charge on any atom is 0.267 e. The number of fused-ring (bicyclic) bond motifs is 1. The van der Waals surface area contributed by atoms with E-state index in [1.807, 2.05) is 73.1 Å². The van der Waals surface area contributed by atoms with Crippen LogP contribution in [0.4, 0.5) is 0 Å². The number of para-hydroxylation sites is 1. The molecule has 0 radical (unpaired) electrons. The first-order valence-corrected chi connectivity index (χ1v) is 8.96. The van der Waals surface area contributed by atoms with E-state index in [1.54, 1.807) is 6.26 Å². The number of amides is 1. The van der Waals surface area contributed by atoms with E-state index in [4.69, 9.17) is 4.42 Å². The van der Waals surface area contributed by atoms with E-state index < -0.39 is 0 Å². The molecule has 5 heteroatoms. The molecule has 0 atom stereocenters. The van der Waals surface area contributed by atoms with E-state index in [-0.39, 0.29) is 5.91 Å². The second-order valence-corrected chi connectivity index (χ2v) is 6.66. The third kappa shape index (κ3) is 3.49. The average molecular weight is 359 g/mol. The van der Waals surface area contributed by atoms with Crippen LogP contribution in [0.1, 0.15) is 21.7 Å². The van der Waals surface area contributed by atoms with Crippen molar-refractivity contribution in [2.75, 3.05) is 6.54 Å². The third-order valence-electron chi connectivity index (χ3n) is 4.70. The Balaban J connectivity index is 1.39. The highest BCUT2D eigenvalue weighted by molar-refractivity contribution is 5.98. The summed E-state index contributed by atoms with van der Waals surface area (Å²) < 4.78 is 7.48. The van der Waals surface area contributed by atoms with Gasteiger partial charge in [-0.1, -0.05) is 35.9 Å². The Morgan fingerprint density at radius 3 is 2.70 bits per heavy atom. The van der Waals surface area contributed by atoms with Gasteiger partial charge in [-0.2, -0.15) is 0 Å². The summed E-state index contributed by atoms with van der Waals surface area (Å²) in [7, 11) is 1.91. The molecular formula is C22H21N3O2. The number of rotatable bonds is 5. The van der Waals surface area contributed by atoms with Crippen LogP contribution in [0.2, 0.25) is 0 Å². The molecule has 0 aliphatic rings. The SMILES string of the molecule is Cc1ccc(-c2nc(CCNC(=O)c3cc4ccccc4n3C)co2)cc1. The van der Waals surface area contributed by atoms with Crippen LogP contribution in [0.3, 0.4) is 0 Å². The van der Waals surface area contributed by atoms with Crippen LogP contribution in [0, 0.1) is 6.92 Å². The van der Waals surface area contributed by atoms with E-state index in [0.717, 1.165) is 22.2 Å². The lowest BCUT2D eigenvalue weighted by Gasteiger charge is -2.05. The summed E-state index contributed by atoms with van der Waals surface area (Å²) in [5.41, 5.74) is 4.66. The van der Waals surface area contributed by atoms with Crippen molar-refractivity contribution in [3.05, 3.63) is 77.8 Å². The number of hydrogen-bond donors (Lipinski definition) is 1. The van der Waals surface area contributed by atoms with Crippen molar-refractivity contribution in [1.82, 2.24) is 14.9 Å². The molecular weight excluding hydrogens is 338 g/mol. The van der Waals surface area contributed by atoms with Crippen LogP contribution in [0.25, 0.3) is 22.4 Å². The summed E-state index contributed by atoms with van der Waals surface area (Å²) in [5, 5.41) is 4.02. The lowest BCUT2D eigenvalue weighted by Crippen LogP contribution is -2.27. The quantitative estimate of drug-likeness (QED) is 0.583. The van der Waals surface area contributed by atoms with Gasteiger partial charge in [0.1, 0.15) is 12.0 Å². The molecule has 5 nitrogen and oxygen atoms in total. The number of nitrogens with one attached hydrogen (secondary N) is 1. The molecule has 0 fully saturated rings. The number of aryl methyl sites for hydroxylation is 2. The Morgan fingerprint density at radius 1 is 1.15 bits per heavy atom. The van der Waals surface area contributed by atoms with Crippen molar-refractivity contribution in [3.8, 4) is 11.5 Å². The summed E-state index contributed by atoms with van der Waals surface area (Å²) in [6.07, 6.45) is 2.27. The third-order valence-corrected chi connectivity index (χ3v) is 4.70. The molecule has 0 bridgehead atoms. The van der Waals surface area contributed by atoms with E-state index in [1.165, 1.54) is 5.56 Å². The Morgan fingerprint density at radius 2 is 1.93 bits per heavy atom.